The molecule has 0 heterocycles. The molecule has 0 aromatic heterocycles. The molecule has 5 N–H and O–H groups in total. The van der Waals surface area contributed by atoms with Gasteiger partial charge < -0.3 is 21.3 Å². The van der Waals surface area contributed by atoms with Gasteiger partial charge in [0.2, 0.25) is 5.75 Å². The van der Waals surface area contributed by atoms with E-state index >= 15 is 0 Å². The number of nitrogens with two attached hydrogens (primary N) is 1. The smallest absolute Gasteiger partial charge is 0.326 e. The van der Waals surface area contributed by atoms with Crippen molar-refractivity contribution in [1.82, 2.24) is 5.32 Å². The van der Waals surface area contributed by atoms with Gasteiger partial charge in [0.05, 0.1) is 9.95 Å². The van der Waals surface area contributed by atoms with Crippen molar-refractivity contribution in [3.63, 3.8) is 0 Å². The fourth-order valence-corrected chi connectivity index (χ4v) is 1.94. The van der Waals surface area contributed by atoms with Gasteiger partial charge in [-0.25, -0.2) is 4.79 Å². The van der Waals surface area contributed by atoms with Crippen molar-refractivity contribution in [1.29, 1.82) is 0 Å². The summed E-state index contributed by atoms with van der Waals surface area (Å²) in [6.45, 7) is 0.108. The number of hydrogen-bond donors (Lipinski definition) is 4. The van der Waals surface area contributed by atoms with Crippen LogP contribution in [0.3, 0.4) is 0 Å². The van der Waals surface area contributed by atoms with Gasteiger partial charge in [-0.1, -0.05) is 11.6 Å². The molecule has 10 heteroatoms. The molecule has 0 fully saturated rings. The summed E-state index contributed by atoms with van der Waals surface area (Å²) < 4.78 is 0. The van der Waals surface area contributed by atoms with Crippen LogP contribution in [0.5, 0.6) is 11.5 Å². The maximum Gasteiger partial charge on any atom is 0.326 e. The van der Waals surface area contributed by atoms with E-state index in [4.69, 9.17) is 17.3 Å². The van der Waals surface area contributed by atoms with Gasteiger partial charge in [-0.3, -0.25) is 14.9 Å². The molecule has 0 bridgehead atoms. The second-order valence-corrected chi connectivity index (χ2v) is 4.43. The SMILES string of the molecule is NC(=O)NCCCC(=O)c1c(Cl)cc(O)c(O)c1[N+](=O)[O-]. The molecule has 21 heavy (non-hydrogen) atoms. The number of nitrogens with zero attached hydrogens (tertiary/aromatic N) is 1. The lowest BCUT2D eigenvalue weighted by Gasteiger charge is -2.08. The predicted octanol–water partition coefficient (Wildman–Crippen LogP) is 1.29. The average molecular weight is 318 g/mol. The summed E-state index contributed by atoms with van der Waals surface area (Å²) in [4.78, 5) is 32.3. The van der Waals surface area contributed by atoms with Crippen LogP contribution < -0.4 is 11.1 Å². The van der Waals surface area contributed by atoms with Crippen molar-refractivity contribution >= 4 is 29.1 Å². The number of aromatic hydroxyl groups is 2. The fraction of sp³-hybridized carbons (Fsp3) is 0.273. The summed E-state index contributed by atoms with van der Waals surface area (Å²) in [6, 6.07) is 0.0902. The Kier molecular flexibility index (Phi) is 5.30. The Bertz CT molecular complexity index is 604. The molecule has 1 rings (SSSR count). The topological polar surface area (TPSA) is 156 Å². The molecule has 2 amide bonds. The lowest BCUT2D eigenvalue weighted by molar-refractivity contribution is -0.386. The molecule has 0 unspecified atom stereocenters. The highest BCUT2D eigenvalue weighted by molar-refractivity contribution is 6.35. The van der Waals surface area contributed by atoms with Crippen LogP contribution >= 0.6 is 11.6 Å². The van der Waals surface area contributed by atoms with E-state index in [1.54, 1.807) is 0 Å². The minimum absolute atomic E-state index is 0.108. The number of phenols is 2. The first-order valence-corrected chi connectivity index (χ1v) is 6.08. The Labute approximate surface area is 123 Å². The minimum atomic E-state index is -1.02. The van der Waals surface area contributed by atoms with Gasteiger partial charge in [-0.2, -0.15) is 0 Å². The zero-order chi connectivity index (χ0) is 16.2. The van der Waals surface area contributed by atoms with Crippen LogP contribution in [-0.4, -0.2) is 33.5 Å². The van der Waals surface area contributed by atoms with Gasteiger partial charge in [0.15, 0.2) is 11.5 Å². The van der Waals surface area contributed by atoms with Crippen LogP contribution in [0.1, 0.15) is 23.2 Å². The number of amides is 2. The zero-order valence-electron chi connectivity index (χ0n) is 10.6. The Hall–Kier alpha value is -2.55. The number of phenolic OH excluding ortho intramolecular Hbond substituents is 2. The Morgan fingerprint density at radius 3 is 2.57 bits per heavy atom. The lowest BCUT2D eigenvalue weighted by atomic mass is 10.0. The zero-order valence-corrected chi connectivity index (χ0v) is 11.4. The number of benzene rings is 1. The first-order valence-electron chi connectivity index (χ1n) is 5.71. The molecule has 114 valence electrons. The number of carbonyl (C=O) groups excluding carboxylic acids is 2. The van der Waals surface area contributed by atoms with Crippen LogP contribution in [-0.2, 0) is 0 Å². The highest BCUT2D eigenvalue weighted by atomic mass is 35.5. The van der Waals surface area contributed by atoms with Crippen molar-refractivity contribution in [2.45, 2.75) is 12.8 Å². The number of urea groups is 1. The van der Waals surface area contributed by atoms with Crippen LogP contribution in [0.2, 0.25) is 5.02 Å². The van der Waals surface area contributed by atoms with Crippen molar-refractivity contribution in [2.75, 3.05) is 6.54 Å². The number of nitro benzene ring substituents is 1. The van der Waals surface area contributed by atoms with E-state index in [9.17, 15) is 29.9 Å². The highest BCUT2D eigenvalue weighted by Gasteiger charge is 2.30. The molecule has 0 atom stereocenters. The summed E-state index contributed by atoms with van der Waals surface area (Å²) in [5.41, 5.74) is 3.40. The monoisotopic (exact) mass is 317 g/mol. The van der Waals surface area contributed by atoms with Gasteiger partial charge in [0.25, 0.3) is 0 Å². The van der Waals surface area contributed by atoms with E-state index < -0.39 is 39.5 Å². The molecule has 0 radical (unpaired) electrons. The van der Waals surface area contributed by atoms with Crippen molar-refractivity contribution in [2.24, 2.45) is 5.73 Å². The van der Waals surface area contributed by atoms with Gasteiger partial charge in [-0.15, -0.1) is 0 Å². The third-order valence-corrected chi connectivity index (χ3v) is 2.85. The summed E-state index contributed by atoms with van der Waals surface area (Å²) in [6.07, 6.45) is 0.0158. The molecule has 0 aliphatic heterocycles. The van der Waals surface area contributed by atoms with Crippen LogP contribution in [0.25, 0.3) is 0 Å². The first kappa shape index (κ1) is 16.5. The van der Waals surface area contributed by atoms with Crippen LogP contribution in [0, 0.1) is 10.1 Å². The van der Waals surface area contributed by atoms with Gasteiger partial charge in [0.1, 0.15) is 5.56 Å². The van der Waals surface area contributed by atoms with E-state index in [1.165, 1.54) is 0 Å². The number of carbonyl (C=O) groups is 2. The molecular weight excluding hydrogens is 306 g/mol. The second-order valence-electron chi connectivity index (χ2n) is 4.02. The third kappa shape index (κ3) is 3.96. The molecule has 1 aromatic carbocycles. The summed E-state index contributed by atoms with van der Waals surface area (Å²) in [5.74, 6) is -2.52. The van der Waals surface area contributed by atoms with Crippen LogP contribution in [0.15, 0.2) is 6.07 Å². The van der Waals surface area contributed by atoms with Gasteiger partial charge in [-0.05, 0) is 6.42 Å². The van der Waals surface area contributed by atoms with E-state index in [2.05, 4.69) is 5.32 Å². The van der Waals surface area contributed by atoms with E-state index in [0.717, 1.165) is 6.07 Å². The van der Waals surface area contributed by atoms with Crippen molar-refractivity contribution in [3.05, 3.63) is 26.8 Å². The predicted molar refractivity (Wildman–Crippen MR) is 72.6 cm³/mol. The lowest BCUT2D eigenvalue weighted by Crippen LogP contribution is -2.30. The van der Waals surface area contributed by atoms with E-state index in [-0.39, 0.29) is 24.4 Å². The quantitative estimate of drug-likeness (QED) is 0.203. The number of nitro groups is 1. The Morgan fingerprint density at radius 1 is 1.43 bits per heavy atom. The van der Waals surface area contributed by atoms with Crippen molar-refractivity contribution < 1.29 is 24.7 Å². The molecule has 0 spiro atoms. The Morgan fingerprint density at radius 2 is 2.05 bits per heavy atom. The number of primary amides is 1. The number of hydrogen-bond acceptors (Lipinski definition) is 6. The number of nitrogens with one attached hydrogen (secondary N) is 1. The summed E-state index contributed by atoms with van der Waals surface area (Å²) >= 11 is 5.72. The molecule has 0 aliphatic rings. The second kappa shape index (κ2) is 6.75. The Balaban J connectivity index is 3.01. The molecule has 0 saturated carbocycles. The fourth-order valence-electron chi connectivity index (χ4n) is 1.64. The van der Waals surface area contributed by atoms with Crippen molar-refractivity contribution in [3.8, 4) is 11.5 Å². The molecular formula is C11H12ClN3O6. The first-order chi connectivity index (χ1) is 9.75. The average Bonchev–Trinajstić information content (AvgIpc) is 2.37. The van der Waals surface area contributed by atoms with Crippen LogP contribution in [0.4, 0.5) is 10.5 Å². The number of ketones is 1. The number of rotatable bonds is 6. The maximum absolute atomic E-state index is 12.0. The summed E-state index contributed by atoms with van der Waals surface area (Å²) in [7, 11) is 0. The highest BCUT2D eigenvalue weighted by Crippen LogP contribution is 2.42. The molecule has 0 saturated heterocycles. The molecule has 0 aliphatic carbocycles. The molecule has 1 aromatic rings. The number of halogens is 1. The largest absolute Gasteiger partial charge is 0.504 e. The maximum atomic E-state index is 12.0. The third-order valence-electron chi connectivity index (χ3n) is 2.55. The standard InChI is InChI=1S/C11H12ClN3O6/c12-5-4-7(17)10(18)9(15(20)21)8(5)6(16)2-1-3-14-11(13)19/h4,17-18H,1-3H2,(H3,13,14,19). The number of Topliss-reactive ketones (excluding diaryl/α,β-unsaturated/α-hetero) is 1. The summed E-state index contributed by atoms with van der Waals surface area (Å²) in [5, 5.41) is 31.6. The normalized spacial score (nSPS) is 10.1. The van der Waals surface area contributed by atoms with E-state index in [1.807, 2.05) is 0 Å². The minimum Gasteiger partial charge on any atom is -0.504 e. The van der Waals surface area contributed by atoms with Gasteiger partial charge >= 0.3 is 11.7 Å². The van der Waals surface area contributed by atoms with Gasteiger partial charge in [0, 0.05) is 19.0 Å². The van der Waals surface area contributed by atoms with E-state index in [0.29, 0.717) is 0 Å². The molecule has 9 nitrogen and oxygen atoms in total.